The molecule has 0 saturated heterocycles. The maximum atomic E-state index is 5.38. The van der Waals surface area contributed by atoms with Crippen LogP contribution in [0.25, 0.3) is 108 Å². The van der Waals surface area contributed by atoms with Gasteiger partial charge in [0, 0.05) is 36.7 Å². The number of hydrogen-bond acceptors (Lipinski definition) is 3. The van der Waals surface area contributed by atoms with Gasteiger partial charge in [-0.15, -0.1) is 11.3 Å². The van der Waals surface area contributed by atoms with Gasteiger partial charge < -0.3 is 0 Å². The molecule has 0 N–H and O–H groups in total. The van der Waals surface area contributed by atoms with Crippen molar-refractivity contribution < 1.29 is 0 Å². The molecule has 0 atom stereocenters. The van der Waals surface area contributed by atoms with Crippen LogP contribution in [0.4, 0.5) is 0 Å². The van der Waals surface area contributed by atoms with E-state index < -0.39 is 0 Å². The Labute approximate surface area is 297 Å². The van der Waals surface area contributed by atoms with Crippen LogP contribution < -0.4 is 0 Å². The second kappa shape index (κ2) is 11.0. The average molecular weight is 665 g/mol. The molecule has 0 aliphatic heterocycles. The Hall–Kier alpha value is -6.42. The molecular weight excluding hydrogens is 637 g/mol. The lowest BCUT2D eigenvalue weighted by molar-refractivity contribution is 1.23. The van der Waals surface area contributed by atoms with Gasteiger partial charge in [-0.25, -0.2) is 9.97 Å². The molecule has 236 valence electrons. The Morgan fingerprint density at radius 3 is 1.65 bits per heavy atom. The lowest BCUT2D eigenvalue weighted by atomic mass is 9.93. The van der Waals surface area contributed by atoms with Gasteiger partial charge in [-0.3, -0.25) is 0 Å². The van der Waals surface area contributed by atoms with Crippen LogP contribution >= 0.6 is 11.3 Å². The van der Waals surface area contributed by atoms with Crippen molar-refractivity contribution in [1.29, 1.82) is 0 Å². The molecule has 0 fully saturated rings. The molecule has 0 aliphatic rings. The first kappa shape index (κ1) is 28.4. The summed E-state index contributed by atoms with van der Waals surface area (Å²) in [6.45, 7) is 0. The number of rotatable bonds is 3. The zero-order valence-electron chi connectivity index (χ0n) is 27.5. The van der Waals surface area contributed by atoms with Crippen LogP contribution in [-0.4, -0.2) is 9.97 Å². The van der Waals surface area contributed by atoms with Gasteiger partial charge in [-0.1, -0.05) is 133 Å². The van der Waals surface area contributed by atoms with E-state index >= 15 is 0 Å². The molecule has 0 aliphatic carbocycles. The van der Waals surface area contributed by atoms with Crippen LogP contribution in [0.3, 0.4) is 0 Å². The highest BCUT2D eigenvalue weighted by molar-refractivity contribution is 7.25. The van der Waals surface area contributed by atoms with Gasteiger partial charge in [0.25, 0.3) is 0 Å². The minimum absolute atomic E-state index is 0.735. The van der Waals surface area contributed by atoms with E-state index in [1.54, 1.807) is 0 Å². The predicted octanol–water partition coefficient (Wildman–Crippen LogP) is 13.6. The highest BCUT2D eigenvalue weighted by Gasteiger charge is 2.17. The molecule has 0 saturated carbocycles. The summed E-state index contributed by atoms with van der Waals surface area (Å²) in [5.41, 5.74) is 6.38. The SMILES string of the molecule is c1ccc(-c2ccc(-c3nc(-c4ccc5sc6cc7c8ccccc8c8ccccc8c7cc6c5c4)nc4ccc5ccccc5c34)cc2)cc1. The van der Waals surface area contributed by atoms with Crippen LogP contribution in [-0.2, 0) is 0 Å². The van der Waals surface area contributed by atoms with Crippen molar-refractivity contribution in [3.8, 4) is 33.8 Å². The van der Waals surface area contributed by atoms with Crippen molar-refractivity contribution in [3.63, 3.8) is 0 Å². The number of nitrogens with zero attached hydrogens (tertiary/aromatic N) is 2. The fourth-order valence-electron chi connectivity index (χ4n) is 8.01. The first-order valence-corrected chi connectivity index (χ1v) is 18.1. The molecule has 0 bridgehead atoms. The summed E-state index contributed by atoms with van der Waals surface area (Å²) in [5, 5.41) is 13.7. The lowest BCUT2D eigenvalue weighted by Crippen LogP contribution is -1.96. The lowest BCUT2D eigenvalue weighted by Gasteiger charge is -2.13. The molecular formula is C48H28N2S. The summed E-state index contributed by atoms with van der Waals surface area (Å²) in [7, 11) is 0. The van der Waals surface area contributed by atoms with Gasteiger partial charge >= 0.3 is 0 Å². The summed E-state index contributed by atoms with van der Waals surface area (Å²) in [6.07, 6.45) is 0. The molecule has 2 heterocycles. The summed E-state index contributed by atoms with van der Waals surface area (Å²) in [6, 6.07) is 61.3. The van der Waals surface area contributed by atoms with E-state index in [1.807, 2.05) is 11.3 Å². The average Bonchev–Trinajstić information content (AvgIpc) is 3.57. The third-order valence-corrected chi connectivity index (χ3v) is 11.6. The van der Waals surface area contributed by atoms with Gasteiger partial charge in [0.2, 0.25) is 0 Å². The van der Waals surface area contributed by atoms with E-state index in [2.05, 4.69) is 170 Å². The van der Waals surface area contributed by atoms with E-state index in [4.69, 9.17) is 9.97 Å². The second-order valence-corrected chi connectivity index (χ2v) is 14.4. The van der Waals surface area contributed by atoms with E-state index in [0.29, 0.717) is 0 Å². The van der Waals surface area contributed by atoms with Gasteiger partial charge in [-0.05, 0) is 90.6 Å². The van der Waals surface area contributed by atoms with Gasteiger partial charge in [-0.2, -0.15) is 0 Å². The minimum atomic E-state index is 0.735. The second-order valence-electron chi connectivity index (χ2n) is 13.3. The fraction of sp³-hybridized carbons (Fsp3) is 0. The van der Waals surface area contributed by atoms with E-state index in [0.717, 1.165) is 38.9 Å². The molecule has 0 unspecified atom stereocenters. The minimum Gasteiger partial charge on any atom is -0.228 e. The molecule has 11 aromatic rings. The van der Waals surface area contributed by atoms with Crippen molar-refractivity contribution in [3.05, 3.63) is 170 Å². The first-order valence-electron chi connectivity index (χ1n) is 17.3. The van der Waals surface area contributed by atoms with Crippen LogP contribution in [0, 0.1) is 0 Å². The number of benzene rings is 9. The van der Waals surface area contributed by atoms with E-state index in [-0.39, 0.29) is 0 Å². The number of fused-ring (bicyclic) bond motifs is 12. The smallest absolute Gasteiger partial charge is 0.160 e. The van der Waals surface area contributed by atoms with Crippen LogP contribution in [0.2, 0.25) is 0 Å². The third kappa shape index (κ3) is 4.42. The number of hydrogen-bond donors (Lipinski definition) is 0. The maximum Gasteiger partial charge on any atom is 0.160 e. The quantitative estimate of drug-likeness (QED) is 0.176. The molecule has 9 aromatic carbocycles. The van der Waals surface area contributed by atoms with Crippen molar-refractivity contribution >= 4 is 85.5 Å². The first-order chi connectivity index (χ1) is 25.3. The van der Waals surface area contributed by atoms with Gasteiger partial charge in [0.05, 0.1) is 11.2 Å². The molecule has 3 heteroatoms. The van der Waals surface area contributed by atoms with Crippen molar-refractivity contribution in [1.82, 2.24) is 9.97 Å². The predicted molar refractivity (Wildman–Crippen MR) is 219 cm³/mol. The van der Waals surface area contributed by atoms with E-state index in [9.17, 15) is 0 Å². The Bertz CT molecular complexity index is 3180. The fourth-order valence-corrected chi connectivity index (χ4v) is 9.11. The topological polar surface area (TPSA) is 25.8 Å². The zero-order valence-corrected chi connectivity index (χ0v) is 28.3. The Balaban J connectivity index is 1.14. The van der Waals surface area contributed by atoms with Crippen LogP contribution in [0.15, 0.2) is 170 Å². The molecule has 2 aromatic heterocycles. The van der Waals surface area contributed by atoms with Crippen molar-refractivity contribution in [2.45, 2.75) is 0 Å². The van der Waals surface area contributed by atoms with Crippen molar-refractivity contribution in [2.24, 2.45) is 0 Å². The van der Waals surface area contributed by atoms with Gasteiger partial charge in [0.1, 0.15) is 0 Å². The maximum absolute atomic E-state index is 5.38. The largest absolute Gasteiger partial charge is 0.228 e. The molecule has 2 nitrogen and oxygen atoms in total. The Morgan fingerprint density at radius 1 is 0.333 bits per heavy atom. The summed E-state index contributed by atoms with van der Waals surface area (Å²) < 4.78 is 2.56. The summed E-state index contributed by atoms with van der Waals surface area (Å²) in [5.74, 6) is 0.735. The van der Waals surface area contributed by atoms with Gasteiger partial charge in [0.15, 0.2) is 5.82 Å². The van der Waals surface area contributed by atoms with Crippen LogP contribution in [0.1, 0.15) is 0 Å². The molecule has 0 spiro atoms. The summed E-state index contributed by atoms with van der Waals surface area (Å²) >= 11 is 1.86. The molecule has 11 rings (SSSR count). The monoisotopic (exact) mass is 664 g/mol. The Morgan fingerprint density at radius 2 is 0.902 bits per heavy atom. The highest BCUT2D eigenvalue weighted by atomic mass is 32.1. The third-order valence-electron chi connectivity index (χ3n) is 10.4. The number of thiophene rings is 1. The molecule has 0 radical (unpaired) electrons. The van der Waals surface area contributed by atoms with Crippen molar-refractivity contribution in [2.75, 3.05) is 0 Å². The standard InChI is InChI=1S/C48H28N2S/c1-2-10-29(11-3-1)30-18-20-32(21-19-30)47-46-34-13-5-4-12-31(34)22-24-43(46)49-48(50-47)33-23-25-44-41(26-33)42-27-39-37-16-8-6-14-35(37)36-15-7-9-17-38(36)40(39)28-45(42)51-44/h1-28H. The number of aromatic nitrogens is 2. The van der Waals surface area contributed by atoms with E-state index in [1.165, 1.54) is 69.0 Å². The Kier molecular flexibility index (Phi) is 6.16. The molecule has 51 heavy (non-hydrogen) atoms. The highest BCUT2D eigenvalue weighted by Crippen LogP contribution is 2.43. The zero-order chi connectivity index (χ0) is 33.5. The van der Waals surface area contributed by atoms with Crippen LogP contribution in [0.5, 0.6) is 0 Å². The summed E-state index contributed by atoms with van der Waals surface area (Å²) in [4.78, 5) is 10.6. The molecule has 0 amide bonds. The normalized spacial score (nSPS) is 11.9.